The van der Waals surface area contributed by atoms with E-state index in [2.05, 4.69) is 12.6 Å². The fourth-order valence-corrected chi connectivity index (χ4v) is 3.92. The molecule has 6 atom stereocenters. The lowest BCUT2D eigenvalue weighted by Gasteiger charge is -2.24. The van der Waals surface area contributed by atoms with E-state index in [-0.39, 0.29) is 11.2 Å². The largest absolute Gasteiger partial charge is 0.393 e. The molecule has 4 nitrogen and oxygen atoms in total. The van der Waals surface area contributed by atoms with Crippen molar-refractivity contribution in [2.45, 2.75) is 69.7 Å². The van der Waals surface area contributed by atoms with Gasteiger partial charge in [-0.05, 0) is 44.8 Å². The van der Waals surface area contributed by atoms with Gasteiger partial charge in [0.15, 0.2) is 0 Å². The monoisotopic (exact) mass is 326 g/mol. The molecule has 0 aliphatic heterocycles. The number of hydrogen-bond acceptors (Lipinski definition) is 6. The zero-order valence-corrected chi connectivity index (χ0v) is 14.4. The maximum absolute atomic E-state index is 9.91. The van der Waals surface area contributed by atoms with Gasteiger partial charge >= 0.3 is 0 Å². The second kappa shape index (κ2) is 11.2. The molecule has 4 N–H and O–H groups in total. The summed E-state index contributed by atoms with van der Waals surface area (Å²) in [4.78, 5) is 0. The highest BCUT2D eigenvalue weighted by molar-refractivity contribution is 7.99. The van der Waals surface area contributed by atoms with Gasteiger partial charge in [-0.1, -0.05) is 6.92 Å². The van der Waals surface area contributed by atoms with Crippen LogP contribution in [-0.4, -0.2) is 61.6 Å². The molecular formula is C14H30O4S2. The van der Waals surface area contributed by atoms with Gasteiger partial charge in [0.2, 0.25) is 0 Å². The summed E-state index contributed by atoms with van der Waals surface area (Å²) in [6, 6.07) is 0. The molecule has 0 bridgehead atoms. The Labute approximate surface area is 132 Å². The van der Waals surface area contributed by atoms with Crippen LogP contribution < -0.4 is 0 Å². The molecule has 0 aliphatic rings. The van der Waals surface area contributed by atoms with E-state index < -0.39 is 24.4 Å². The van der Waals surface area contributed by atoms with Crippen molar-refractivity contribution in [1.82, 2.24) is 0 Å². The first kappa shape index (κ1) is 20.5. The van der Waals surface area contributed by atoms with Crippen LogP contribution in [0.25, 0.3) is 0 Å². The van der Waals surface area contributed by atoms with Crippen molar-refractivity contribution in [3.63, 3.8) is 0 Å². The van der Waals surface area contributed by atoms with Gasteiger partial charge in [-0.3, -0.25) is 0 Å². The molecule has 122 valence electrons. The molecular weight excluding hydrogens is 296 g/mol. The third-order valence-corrected chi connectivity index (χ3v) is 5.14. The van der Waals surface area contributed by atoms with Crippen LogP contribution in [-0.2, 0) is 0 Å². The van der Waals surface area contributed by atoms with Gasteiger partial charge < -0.3 is 20.4 Å². The summed E-state index contributed by atoms with van der Waals surface area (Å²) in [6.07, 6.45) is -0.429. The molecule has 6 heteroatoms. The maximum Gasteiger partial charge on any atom is 0.0661 e. The Morgan fingerprint density at radius 1 is 0.900 bits per heavy atom. The predicted molar refractivity (Wildman–Crippen MR) is 88.5 cm³/mol. The Morgan fingerprint density at radius 2 is 1.45 bits per heavy atom. The molecule has 0 spiro atoms. The Kier molecular flexibility index (Phi) is 11.5. The third-order valence-electron chi connectivity index (χ3n) is 3.19. The molecule has 0 heterocycles. The van der Waals surface area contributed by atoms with Gasteiger partial charge in [-0.25, -0.2) is 0 Å². The number of hydrogen-bond donors (Lipinski definition) is 5. The van der Waals surface area contributed by atoms with E-state index in [4.69, 9.17) is 0 Å². The van der Waals surface area contributed by atoms with Crippen molar-refractivity contribution in [2.24, 2.45) is 5.92 Å². The minimum Gasteiger partial charge on any atom is -0.393 e. The Balaban J connectivity index is 4.27. The average Bonchev–Trinajstić information content (AvgIpc) is 2.32. The van der Waals surface area contributed by atoms with Crippen LogP contribution in [0.5, 0.6) is 0 Å². The Hall–Kier alpha value is 0.540. The SMILES string of the molecule is CC(O)CC(C[C@@H](O)CC(C)O)SCC(C)C(O)CS. The van der Waals surface area contributed by atoms with Crippen LogP contribution in [0, 0.1) is 5.92 Å². The quantitative estimate of drug-likeness (QED) is 0.370. The van der Waals surface area contributed by atoms with E-state index in [0.29, 0.717) is 25.0 Å². The van der Waals surface area contributed by atoms with Crippen molar-refractivity contribution in [1.29, 1.82) is 0 Å². The summed E-state index contributed by atoms with van der Waals surface area (Å²) >= 11 is 5.74. The van der Waals surface area contributed by atoms with E-state index >= 15 is 0 Å². The summed E-state index contributed by atoms with van der Waals surface area (Å²) < 4.78 is 0. The predicted octanol–water partition coefficient (Wildman–Crippen LogP) is 1.31. The van der Waals surface area contributed by atoms with Gasteiger partial charge in [-0.15, -0.1) is 0 Å². The van der Waals surface area contributed by atoms with E-state index in [9.17, 15) is 20.4 Å². The average molecular weight is 327 g/mol. The first-order valence-corrected chi connectivity index (χ1v) is 8.89. The van der Waals surface area contributed by atoms with Gasteiger partial charge in [0, 0.05) is 11.0 Å². The first-order chi connectivity index (χ1) is 9.26. The summed E-state index contributed by atoms with van der Waals surface area (Å²) in [5.74, 6) is 1.33. The van der Waals surface area contributed by atoms with E-state index in [1.54, 1.807) is 25.6 Å². The van der Waals surface area contributed by atoms with Crippen molar-refractivity contribution < 1.29 is 20.4 Å². The lowest BCUT2D eigenvalue weighted by Crippen LogP contribution is -2.26. The topological polar surface area (TPSA) is 80.9 Å². The standard InChI is InChI=1S/C14H30O4S2/c1-9(14(18)7-19)8-20-13(5-11(3)16)6-12(17)4-10(2)15/h9-19H,4-8H2,1-3H3/t9?,10?,11?,12-,13?,14?/m0/s1. The van der Waals surface area contributed by atoms with Gasteiger partial charge in [0.25, 0.3) is 0 Å². The molecule has 0 radical (unpaired) electrons. The van der Waals surface area contributed by atoms with Crippen LogP contribution >= 0.6 is 24.4 Å². The van der Waals surface area contributed by atoms with E-state index in [1.807, 2.05) is 6.92 Å². The number of thiol groups is 1. The minimum absolute atomic E-state index is 0.123. The fraction of sp³-hybridized carbons (Fsp3) is 1.00. The number of thioether (sulfide) groups is 1. The van der Waals surface area contributed by atoms with E-state index in [1.165, 1.54) is 0 Å². The van der Waals surface area contributed by atoms with Crippen LogP contribution in [0.3, 0.4) is 0 Å². The number of aliphatic hydroxyl groups is 4. The third kappa shape index (κ3) is 10.3. The van der Waals surface area contributed by atoms with Crippen molar-refractivity contribution in [3.8, 4) is 0 Å². The molecule has 0 rings (SSSR count). The molecule has 5 unspecified atom stereocenters. The molecule has 0 aromatic rings. The highest BCUT2D eigenvalue weighted by Gasteiger charge is 2.21. The molecule has 0 aromatic heterocycles. The second-order valence-corrected chi connectivity index (χ2v) is 7.44. The minimum atomic E-state index is -0.559. The molecule has 0 saturated carbocycles. The van der Waals surface area contributed by atoms with Gasteiger partial charge in [-0.2, -0.15) is 24.4 Å². The fourth-order valence-electron chi connectivity index (χ4n) is 1.99. The zero-order chi connectivity index (χ0) is 15.7. The molecule has 0 saturated heterocycles. The summed E-state index contributed by atoms with van der Waals surface area (Å²) in [5.41, 5.74) is 0. The lowest BCUT2D eigenvalue weighted by atomic mass is 10.0. The maximum atomic E-state index is 9.91. The molecule has 0 amide bonds. The Bertz CT molecular complexity index is 239. The van der Waals surface area contributed by atoms with Gasteiger partial charge in [0.1, 0.15) is 0 Å². The second-order valence-electron chi connectivity index (χ2n) is 5.74. The molecule has 20 heavy (non-hydrogen) atoms. The van der Waals surface area contributed by atoms with Crippen molar-refractivity contribution in [2.75, 3.05) is 11.5 Å². The lowest BCUT2D eigenvalue weighted by molar-refractivity contribution is 0.0814. The number of aliphatic hydroxyl groups excluding tert-OH is 4. The van der Waals surface area contributed by atoms with Crippen LogP contribution in [0.2, 0.25) is 0 Å². The van der Waals surface area contributed by atoms with Gasteiger partial charge in [0.05, 0.1) is 24.4 Å². The first-order valence-electron chi connectivity index (χ1n) is 7.20. The number of rotatable bonds is 11. The molecule has 0 aromatic carbocycles. The van der Waals surface area contributed by atoms with Crippen molar-refractivity contribution in [3.05, 3.63) is 0 Å². The van der Waals surface area contributed by atoms with E-state index in [0.717, 1.165) is 5.75 Å². The van der Waals surface area contributed by atoms with Crippen LogP contribution in [0.4, 0.5) is 0 Å². The Morgan fingerprint density at radius 3 is 1.90 bits per heavy atom. The summed E-state index contributed by atoms with van der Waals surface area (Å²) in [6.45, 7) is 5.37. The highest BCUT2D eigenvalue weighted by Crippen LogP contribution is 2.26. The normalized spacial score (nSPS) is 21.0. The highest BCUT2D eigenvalue weighted by atomic mass is 32.2. The van der Waals surface area contributed by atoms with Crippen LogP contribution in [0.15, 0.2) is 0 Å². The molecule has 0 fully saturated rings. The zero-order valence-electron chi connectivity index (χ0n) is 12.6. The molecule has 0 aliphatic carbocycles. The smallest absolute Gasteiger partial charge is 0.0661 e. The van der Waals surface area contributed by atoms with Crippen LogP contribution in [0.1, 0.15) is 40.0 Å². The summed E-state index contributed by atoms with van der Waals surface area (Å²) in [5, 5.41) is 38.5. The van der Waals surface area contributed by atoms with Crippen molar-refractivity contribution >= 4 is 24.4 Å². The summed E-state index contributed by atoms with van der Waals surface area (Å²) in [7, 11) is 0.